The molecule has 0 amide bonds. The average Bonchev–Trinajstić information content (AvgIpc) is 3.71. The molecule has 4 nitrogen and oxygen atoms in total. The summed E-state index contributed by atoms with van der Waals surface area (Å²) in [5.74, 6) is 0.702. The third-order valence-corrected chi connectivity index (χ3v) is 9.72. The maximum atomic E-state index is 5.36. The summed E-state index contributed by atoms with van der Waals surface area (Å²) in [6, 6.07) is 64.2. The zero-order chi connectivity index (χ0) is 33.0. The van der Waals surface area contributed by atoms with Crippen molar-refractivity contribution in [2.45, 2.75) is 0 Å². The van der Waals surface area contributed by atoms with Crippen molar-refractivity contribution in [3.8, 4) is 45.1 Å². The highest BCUT2D eigenvalue weighted by Crippen LogP contribution is 2.41. The standard InChI is InChI=1S/C46H30N4/c1-4-15-31(16-5-1)33-19-14-22-36(29-33)49-40-25-12-10-23-37(40)39-30-34(27-28-42(39)49)44-43-38-24-11-13-26-41(38)50(35-20-8-3-9-21-35)46(43)48-45(47-44)32-17-6-2-7-18-32/h1-30H. The Labute approximate surface area is 289 Å². The van der Waals surface area contributed by atoms with Gasteiger partial charge in [0.25, 0.3) is 0 Å². The van der Waals surface area contributed by atoms with Gasteiger partial charge in [0.15, 0.2) is 5.82 Å². The molecule has 0 aliphatic heterocycles. The van der Waals surface area contributed by atoms with Crippen molar-refractivity contribution in [1.29, 1.82) is 0 Å². The number of para-hydroxylation sites is 3. The van der Waals surface area contributed by atoms with Gasteiger partial charge in [0.05, 0.1) is 27.6 Å². The number of rotatable bonds is 5. The fourth-order valence-corrected chi connectivity index (χ4v) is 7.47. The minimum absolute atomic E-state index is 0.702. The predicted octanol–water partition coefficient (Wildman–Crippen LogP) is 11.7. The van der Waals surface area contributed by atoms with Crippen LogP contribution >= 0.6 is 0 Å². The zero-order valence-electron chi connectivity index (χ0n) is 27.1. The predicted molar refractivity (Wildman–Crippen MR) is 207 cm³/mol. The van der Waals surface area contributed by atoms with Crippen LogP contribution < -0.4 is 0 Å². The van der Waals surface area contributed by atoms with Gasteiger partial charge in [0, 0.05) is 38.7 Å². The summed E-state index contributed by atoms with van der Waals surface area (Å²) in [4.78, 5) is 10.6. The van der Waals surface area contributed by atoms with Crippen molar-refractivity contribution in [3.05, 3.63) is 182 Å². The van der Waals surface area contributed by atoms with E-state index in [1.54, 1.807) is 0 Å². The van der Waals surface area contributed by atoms with E-state index in [0.29, 0.717) is 5.82 Å². The second kappa shape index (κ2) is 11.4. The Morgan fingerprint density at radius 3 is 1.68 bits per heavy atom. The summed E-state index contributed by atoms with van der Waals surface area (Å²) in [5.41, 5.74) is 11.9. The first-order chi connectivity index (χ1) is 24.8. The van der Waals surface area contributed by atoms with Crippen molar-refractivity contribution in [1.82, 2.24) is 19.1 Å². The highest BCUT2D eigenvalue weighted by Gasteiger charge is 2.22. The van der Waals surface area contributed by atoms with Crippen LogP contribution in [0.4, 0.5) is 0 Å². The van der Waals surface area contributed by atoms with E-state index >= 15 is 0 Å². The fraction of sp³-hybridized carbons (Fsp3) is 0. The summed E-state index contributed by atoms with van der Waals surface area (Å²) in [6.07, 6.45) is 0. The molecular formula is C46H30N4. The zero-order valence-corrected chi connectivity index (χ0v) is 27.1. The maximum absolute atomic E-state index is 5.36. The van der Waals surface area contributed by atoms with Gasteiger partial charge in [0.1, 0.15) is 5.65 Å². The molecule has 0 N–H and O–H groups in total. The van der Waals surface area contributed by atoms with Gasteiger partial charge in [-0.25, -0.2) is 9.97 Å². The Morgan fingerprint density at radius 2 is 0.920 bits per heavy atom. The van der Waals surface area contributed by atoms with Crippen LogP contribution in [0, 0.1) is 0 Å². The lowest BCUT2D eigenvalue weighted by Gasteiger charge is -2.12. The molecule has 0 fully saturated rings. The van der Waals surface area contributed by atoms with E-state index in [9.17, 15) is 0 Å². The molecule has 0 saturated heterocycles. The normalized spacial score (nSPS) is 11.6. The topological polar surface area (TPSA) is 35.6 Å². The van der Waals surface area contributed by atoms with Crippen LogP contribution in [-0.4, -0.2) is 19.1 Å². The number of aromatic nitrogens is 4. The van der Waals surface area contributed by atoms with Crippen LogP contribution in [0.25, 0.3) is 88.9 Å². The van der Waals surface area contributed by atoms with Gasteiger partial charge in [0.2, 0.25) is 0 Å². The molecule has 50 heavy (non-hydrogen) atoms. The minimum atomic E-state index is 0.702. The summed E-state index contributed by atoms with van der Waals surface area (Å²) in [5, 5.41) is 4.56. The fourth-order valence-electron chi connectivity index (χ4n) is 7.47. The molecule has 10 rings (SSSR count). The minimum Gasteiger partial charge on any atom is -0.309 e. The molecule has 0 radical (unpaired) electrons. The van der Waals surface area contributed by atoms with Crippen LogP contribution in [0.5, 0.6) is 0 Å². The van der Waals surface area contributed by atoms with Gasteiger partial charge in [-0.1, -0.05) is 133 Å². The van der Waals surface area contributed by atoms with E-state index < -0.39 is 0 Å². The summed E-state index contributed by atoms with van der Waals surface area (Å²) < 4.78 is 4.65. The third kappa shape index (κ3) is 4.46. The van der Waals surface area contributed by atoms with Crippen molar-refractivity contribution >= 4 is 43.7 Å². The van der Waals surface area contributed by atoms with Gasteiger partial charge in [-0.2, -0.15) is 0 Å². The number of hydrogen-bond donors (Lipinski definition) is 0. The van der Waals surface area contributed by atoms with Gasteiger partial charge < -0.3 is 4.57 Å². The largest absolute Gasteiger partial charge is 0.309 e. The Hall–Kier alpha value is -6.78. The molecule has 0 unspecified atom stereocenters. The van der Waals surface area contributed by atoms with Crippen molar-refractivity contribution in [2.24, 2.45) is 0 Å². The van der Waals surface area contributed by atoms with Gasteiger partial charge in [-0.05, 0) is 59.7 Å². The smallest absolute Gasteiger partial charge is 0.162 e. The van der Waals surface area contributed by atoms with Crippen molar-refractivity contribution in [3.63, 3.8) is 0 Å². The quantitative estimate of drug-likeness (QED) is 0.188. The lowest BCUT2D eigenvalue weighted by Crippen LogP contribution is -1.99. The first-order valence-corrected chi connectivity index (χ1v) is 16.9. The van der Waals surface area contributed by atoms with E-state index in [-0.39, 0.29) is 0 Å². The van der Waals surface area contributed by atoms with Crippen molar-refractivity contribution < 1.29 is 0 Å². The third-order valence-electron chi connectivity index (χ3n) is 9.72. The van der Waals surface area contributed by atoms with Crippen molar-refractivity contribution in [2.75, 3.05) is 0 Å². The van der Waals surface area contributed by atoms with E-state index in [1.807, 2.05) is 18.2 Å². The molecule has 0 aliphatic rings. The molecule has 0 saturated carbocycles. The molecule has 0 spiro atoms. The Balaban J connectivity index is 1.26. The molecular weight excluding hydrogens is 609 g/mol. The second-order valence-electron chi connectivity index (χ2n) is 12.6. The molecule has 10 aromatic rings. The summed E-state index contributed by atoms with van der Waals surface area (Å²) in [7, 11) is 0. The SMILES string of the molecule is c1ccc(-c2cccc(-n3c4ccccc4c4cc(-c5nc(-c6ccccc6)nc6c5c5ccccc5n6-c5ccccc5)ccc43)c2)cc1. The molecule has 234 valence electrons. The summed E-state index contributed by atoms with van der Waals surface area (Å²) >= 11 is 0. The highest BCUT2D eigenvalue weighted by atomic mass is 15.1. The van der Waals surface area contributed by atoms with Gasteiger partial charge in [-0.15, -0.1) is 0 Å². The van der Waals surface area contributed by atoms with E-state index in [2.05, 4.69) is 173 Å². The van der Waals surface area contributed by atoms with Crippen LogP contribution in [-0.2, 0) is 0 Å². The van der Waals surface area contributed by atoms with Gasteiger partial charge in [-0.3, -0.25) is 4.57 Å². The number of hydrogen-bond acceptors (Lipinski definition) is 2. The lowest BCUT2D eigenvalue weighted by molar-refractivity contribution is 1.11. The van der Waals surface area contributed by atoms with Crippen LogP contribution in [0.1, 0.15) is 0 Å². The van der Waals surface area contributed by atoms with E-state index in [0.717, 1.165) is 55.6 Å². The lowest BCUT2D eigenvalue weighted by atomic mass is 10.0. The molecule has 3 heterocycles. The summed E-state index contributed by atoms with van der Waals surface area (Å²) in [6.45, 7) is 0. The number of fused-ring (bicyclic) bond motifs is 6. The average molecular weight is 639 g/mol. The number of benzene rings is 7. The molecule has 0 bridgehead atoms. The molecule has 3 aromatic heterocycles. The molecule has 7 aromatic carbocycles. The van der Waals surface area contributed by atoms with E-state index in [4.69, 9.17) is 9.97 Å². The number of nitrogens with zero attached hydrogens (tertiary/aromatic N) is 4. The van der Waals surface area contributed by atoms with Crippen LogP contribution in [0.3, 0.4) is 0 Å². The second-order valence-corrected chi connectivity index (χ2v) is 12.6. The Kier molecular flexibility index (Phi) is 6.46. The molecule has 4 heteroatoms. The molecule has 0 atom stereocenters. The monoisotopic (exact) mass is 638 g/mol. The Morgan fingerprint density at radius 1 is 0.340 bits per heavy atom. The maximum Gasteiger partial charge on any atom is 0.162 e. The molecule has 0 aliphatic carbocycles. The van der Waals surface area contributed by atoms with Gasteiger partial charge >= 0.3 is 0 Å². The van der Waals surface area contributed by atoms with Crippen LogP contribution in [0.2, 0.25) is 0 Å². The Bertz CT molecular complexity index is 2850. The highest BCUT2D eigenvalue weighted by molar-refractivity contribution is 6.16. The first-order valence-electron chi connectivity index (χ1n) is 16.9. The van der Waals surface area contributed by atoms with E-state index in [1.165, 1.54) is 27.4 Å². The van der Waals surface area contributed by atoms with Crippen LogP contribution in [0.15, 0.2) is 182 Å². The first kappa shape index (κ1) is 28.3.